The molecular weight excluding hydrogens is 268 g/mol. The molecule has 2 aromatic carbocycles. The van der Waals surface area contributed by atoms with E-state index in [9.17, 15) is 0 Å². The molecule has 1 heterocycles. The van der Waals surface area contributed by atoms with Gasteiger partial charge in [0.15, 0.2) is 0 Å². The lowest BCUT2D eigenvalue weighted by atomic mass is 10.1. The van der Waals surface area contributed by atoms with Gasteiger partial charge >= 0.3 is 0 Å². The van der Waals surface area contributed by atoms with E-state index in [4.69, 9.17) is 9.47 Å². The molecule has 0 saturated carbocycles. The first-order valence-electron chi connectivity index (χ1n) is 6.80. The molecule has 0 spiro atoms. The predicted octanol–water partition coefficient (Wildman–Crippen LogP) is 3.93. The minimum absolute atomic E-state index is 0.540. The fourth-order valence-electron chi connectivity index (χ4n) is 2.42. The number of hydrogen-bond acceptors (Lipinski definition) is 3. The van der Waals surface area contributed by atoms with Gasteiger partial charge in [-0.3, -0.25) is 0 Å². The van der Waals surface area contributed by atoms with Crippen LogP contribution in [0.2, 0.25) is 0 Å². The standard InChI is InChI=1S/C17H18O2S/c1-18-15-7-4-5-13(9-15)11-19-12-16-10-14-6-2-3-8-17(14)20-16/h2-9,16H,10-12H2,1H3. The van der Waals surface area contributed by atoms with E-state index < -0.39 is 0 Å². The molecular formula is C17H18O2S. The monoisotopic (exact) mass is 286 g/mol. The molecule has 1 unspecified atom stereocenters. The highest BCUT2D eigenvalue weighted by Gasteiger charge is 2.21. The summed E-state index contributed by atoms with van der Waals surface area (Å²) in [4.78, 5) is 1.41. The highest BCUT2D eigenvalue weighted by atomic mass is 32.2. The van der Waals surface area contributed by atoms with E-state index in [1.807, 2.05) is 30.0 Å². The van der Waals surface area contributed by atoms with Gasteiger partial charge in [0, 0.05) is 10.1 Å². The van der Waals surface area contributed by atoms with E-state index in [0.29, 0.717) is 11.9 Å². The van der Waals surface area contributed by atoms with Crippen molar-refractivity contribution in [1.29, 1.82) is 0 Å². The van der Waals surface area contributed by atoms with Crippen LogP contribution in [0, 0.1) is 0 Å². The first-order valence-corrected chi connectivity index (χ1v) is 7.68. The van der Waals surface area contributed by atoms with E-state index >= 15 is 0 Å². The van der Waals surface area contributed by atoms with Gasteiger partial charge < -0.3 is 9.47 Å². The van der Waals surface area contributed by atoms with Crippen molar-refractivity contribution in [3.63, 3.8) is 0 Å². The Morgan fingerprint density at radius 2 is 2.05 bits per heavy atom. The predicted molar refractivity (Wildman–Crippen MR) is 82.4 cm³/mol. The quantitative estimate of drug-likeness (QED) is 0.829. The Morgan fingerprint density at radius 3 is 2.90 bits per heavy atom. The molecule has 0 fully saturated rings. The summed E-state index contributed by atoms with van der Waals surface area (Å²) in [5.74, 6) is 0.883. The van der Waals surface area contributed by atoms with Gasteiger partial charge in [-0.1, -0.05) is 30.3 Å². The molecule has 20 heavy (non-hydrogen) atoms. The first-order chi connectivity index (χ1) is 9.85. The Balaban J connectivity index is 1.49. The van der Waals surface area contributed by atoms with E-state index in [0.717, 1.165) is 24.3 Å². The highest BCUT2D eigenvalue weighted by Crippen LogP contribution is 2.36. The summed E-state index contributed by atoms with van der Waals surface area (Å²) >= 11 is 1.93. The lowest BCUT2D eigenvalue weighted by Gasteiger charge is -2.10. The molecule has 0 aromatic heterocycles. The Kier molecular flexibility index (Phi) is 4.28. The van der Waals surface area contributed by atoms with Crippen molar-refractivity contribution in [3.05, 3.63) is 59.7 Å². The fourth-order valence-corrected chi connectivity index (χ4v) is 3.66. The second-order valence-corrected chi connectivity index (χ2v) is 6.26. The summed E-state index contributed by atoms with van der Waals surface area (Å²) in [5.41, 5.74) is 2.61. The zero-order chi connectivity index (χ0) is 13.8. The highest BCUT2D eigenvalue weighted by molar-refractivity contribution is 8.00. The lowest BCUT2D eigenvalue weighted by Crippen LogP contribution is -2.10. The van der Waals surface area contributed by atoms with Crippen molar-refractivity contribution in [2.24, 2.45) is 0 Å². The number of fused-ring (bicyclic) bond motifs is 1. The van der Waals surface area contributed by atoms with Gasteiger partial charge in [0.1, 0.15) is 5.75 Å². The topological polar surface area (TPSA) is 18.5 Å². The van der Waals surface area contributed by atoms with E-state index in [1.54, 1.807) is 7.11 Å². The van der Waals surface area contributed by atoms with Crippen LogP contribution in [-0.2, 0) is 17.8 Å². The molecule has 0 amide bonds. The third-order valence-corrected chi connectivity index (χ3v) is 4.71. The third kappa shape index (κ3) is 3.17. The van der Waals surface area contributed by atoms with Crippen LogP contribution in [-0.4, -0.2) is 19.0 Å². The van der Waals surface area contributed by atoms with Crippen molar-refractivity contribution in [2.75, 3.05) is 13.7 Å². The van der Waals surface area contributed by atoms with Gasteiger partial charge in [0.05, 0.1) is 20.3 Å². The first kappa shape index (κ1) is 13.5. The molecule has 1 atom stereocenters. The molecule has 2 aromatic rings. The van der Waals surface area contributed by atoms with Crippen molar-refractivity contribution >= 4 is 11.8 Å². The molecule has 0 N–H and O–H groups in total. The molecule has 3 heteroatoms. The van der Waals surface area contributed by atoms with Gasteiger partial charge in [0.25, 0.3) is 0 Å². The van der Waals surface area contributed by atoms with Crippen LogP contribution in [0.25, 0.3) is 0 Å². The molecule has 1 aliphatic heterocycles. The Labute approximate surface area is 124 Å². The largest absolute Gasteiger partial charge is 0.497 e. The van der Waals surface area contributed by atoms with Crippen LogP contribution in [0.4, 0.5) is 0 Å². The van der Waals surface area contributed by atoms with Crippen LogP contribution in [0.1, 0.15) is 11.1 Å². The maximum atomic E-state index is 5.86. The van der Waals surface area contributed by atoms with Crippen LogP contribution >= 0.6 is 11.8 Å². The summed E-state index contributed by atoms with van der Waals surface area (Å²) in [6.45, 7) is 1.43. The maximum Gasteiger partial charge on any atom is 0.119 e. The van der Waals surface area contributed by atoms with Crippen LogP contribution < -0.4 is 4.74 Å². The summed E-state index contributed by atoms with van der Waals surface area (Å²) in [6.07, 6.45) is 1.11. The van der Waals surface area contributed by atoms with Crippen LogP contribution in [0.3, 0.4) is 0 Å². The summed E-state index contributed by atoms with van der Waals surface area (Å²) in [5, 5.41) is 0.540. The Bertz CT molecular complexity index is 558. The molecule has 104 valence electrons. The molecule has 0 aliphatic carbocycles. The maximum absolute atomic E-state index is 5.86. The van der Waals surface area contributed by atoms with Crippen molar-refractivity contribution < 1.29 is 9.47 Å². The van der Waals surface area contributed by atoms with Crippen LogP contribution in [0.5, 0.6) is 5.75 Å². The van der Waals surface area contributed by atoms with Gasteiger partial charge in [-0.05, 0) is 35.7 Å². The second-order valence-electron chi connectivity index (χ2n) is 4.92. The third-order valence-electron chi connectivity index (χ3n) is 3.42. The number of thioether (sulfide) groups is 1. The Hall–Kier alpha value is -1.45. The zero-order valence-electron chi connectivity index (χ0n) is 11.5. The van der Waals surface area contributed by atoms with Crippen molar-refractivity contribution in [3.8, 4) is 5.75 Å². The normalized spacial score (nSPS) is 16.9. The zero-order valence-corrected chi connectivity index (χ0v) is 12.4. The smallest absolute Gasteiger partial charge is 0.119 e. The molecule has 0 saturated heterocycles. The Morgan fingerprint density at radius 1 is 1.15 bits per heavy atom. The molecule has 1 aliphatic rings. The second kappa shape index (κ2) is 6.33. The summed E-state index contributed by atoms with van der Waals surface area (Å²) in [7, 11) is 1.69. The van der Waals surface area contributed by atoms with E-state index in [-0.39, 0.29) is 0 Å². The lowest BCUT2D eigenvalue weighted by molar-refractivity contribution is 0.122. The number of methoxy groups -OCH3 is 1. The molecule has 0 bridgehead atoms. The van der Waals surface area contributed by atoms with Gasteiger partial charge in [-0.15, -0.1) is 11.8 Å². The summed E-state index contributed by atoms with van der Waals surface area (Å²) in [6, 6.07) is 16.7. The van der Waals surface area contributed by atoms with E-state index in [2.05, 4.69) is 30.3 Å². The molecule has 3 rings (SSSR count). The number of rotatable bonds is 5. The van der Waals surface area contributed by atoms with Crippen LogP contribution in [0.15, 0.2) is 53.4 Å². The van der Waals surface area contributed by atoms with Gasteiger partial charge in [0.2, 0.25) is 0 Å². The minimum atomic E-state index is 0.540. The number of hydrogen-bond donors (Lipinski definition) is 0. The molecule has 0 radical (unpaired) electrons. The summed E-state index contributed by atoms with van der Waals surface area (Å²) < 4.78 is 11.1. The minimum Gasteiger partial charge on any atom is -0.497 e. The average molecular weight is 286 g/mol. The number of benzene rings is 2. The van der Waals surface area contributed by atoms with Crippen molar-refractivity contribution in [1.82, 2.24) is 0 Å². The van der Waals surface area contributed by atoms with Gasteiger partial charge in [-0.2, -0.15) is 0 Å². The van der Waals surface area contributed by atoms with E-state index in [1.165, 1.54) is 10.5 Å². The molecule has 2 nitrogen and oxygen atoms in total. The fraction of sp³-hybridized carbons (Fsp3) is 0.294. The number of ether oxygens (including phenoxy) is 2. The average Bonchev–Trinajstić information content (AvgIpc) is 2.90. The van der Waals surface area contributed by atoms with Crippen molar-refractivity contribution in [2.45, 2.75) is 23.2 Å². The SMILES string of the molecule is COc1cccc(COCC2Cc3ccccc3S2)c1. The van der Waals surface area contributed by atoms with Gasteiger partial charge in [-0.25, -0.2) is 0 Å².